The van der Waals surface area contributed by atoms with Crippen molar-refractivity contribution in [2.45, 2.75) is 32.5 Å². The first-order valence-electron chi connectivity index (χ1n) is 7.98. The topological polar surface area (TPSA) is 38.3 Å². The van der Waals surface area contributed by atoms with Crippen molar-refractivity contribution in [2.24, 2.45) is 0 Å². The zero-order chi connectivity index (χ0) is 18.4. The highest BCUT2D eigenvalue weighted by Gasteiger charge is 2.30. The fourth-order valence-electron chi connectivity index (χ4n) is 2.43. The molecule has 1 amide bonds. The van der Waals surface area contributed by atoms with Gasteiger partial charge in [-0.3, -0.25) is 4.79 Å². The number of benzene rings is 2. The third-order valence-electron chi connectivity index (χ3n) is 3.80. The van der Waals surface area contributed by atoms with E-state index in [1.165, 1.54) is 6.07 Å². The van der Waals surface area contributed by atoms with E-state index in [0.717, 1.165) is 24.1 Å². The number of carbonyl (C=O) groups is 1. The van der Waals surface area contributed by atoms with Crippen LogP contribution in [0, 0.1) is 0 Å². The smallest absolute Gasteiger partial charge is 0.416 e. The maximum Gasteiger partial charge on any atom is 0.416 e. The minimum absolute atomic E-state index is 0.194. The minimum atomic E-state index is -4.41. The molecule has 0 fully saturated rings. The average Bonchev–Trinajstić information content (AvgIpc) is 2.59. The molecule has 0 radical (unpaired) electrons. The molecule has 0 aliphatic rings. The van der Waals surface area contributed by atoms with Crippen LogP contribution in [0.1, 0.15) is 36.6 Å². The van der Waals surface area contributed by atoms with Gasteiger partial charge in [-0.05, 0) is 42.7 Å². The highest BCUT2D eigenvalue weighted by molar-refractivity contribution is 5.78. The molecule has 2 rings (SSSR count). The van der Waals surface area contributed by atoms with Crippen LogP contribution in [0.5, 0.6) is 5.75 Å². The van der Waals surface area contributed by atoms with Crippen molar-refractivity contribution >= 4 is 5.91 Å². The lowest BCUT2D eigenvalue weighted by molar-refractivity contribution is -0.137. The van der Waals surface area contributed by atoms with E-state index in [0.29, 0.717) is 11.3 Å². The zero-order valence-corrected chi connectivity index (χ0v) is 14.1. The van der Waals surface area contributed by atoms with Gasteiger partial charge in [0.2, 0.25) is 0 Å². The second-order valence-electron chi connectivity index (χ2n) is 5.66. The van der Waals surface area contributed by atoms with Gasteiger partial charge in [0.1, 0.15) is 5.75 Å². The molecule has 2 aromatic rings. The van der Waals surface area contributed by atoms with E-state index in [1.807, 2.05) is 25.1 Å². The van der Waals surface area contributed by atoms with Gasteiger partial charge in [-0.1, -0.05) is 37.3 Å². The highest BCUT2D eigenvalue weighted by Crippen LogP contribution is 2.30. The Hall–Kier alpha value is -2.50. The largest absolute Gasteiger partial charge is 0.483 e. The van der Waals surface area contributed by atoms with E-state index in [9.17, 15) is 18.0 Å². The molecule has 25 heavy (non-hydrogen) atoms. The molecule has 0 saturated carbocycles. The van der Waals surface area contributed by atoms with Gasteiger partial charge in [-0.25, -0.2) is 0 Å². The molecule has 0 aromatic heterocycles. The first kappa shape index (κ1) is 18.8. The highest BCUT2D eigenvalue weighted by atomic mass is 19.4. The molecule has 3 nitrogen and oxygen atoms in total. The SMILES string of the molecule is CCc1ccccc1OCC(=O)NC(C)c1cccc(C(F)(F)F)c1. The summed E-state index contributed by atoms with van der Waals surface area (Å²) >= 11 is 0. The lowest BCUT2D eigenvalue weighted by Gasteiger charge is -2.17. The maximum absolute atomic E-state index is 12.8. The predicted molar refractivity (Wildman–Crippen MR) is 89.3 cm³/mol. The number of halogens is 3. The first-order valence-corrected chi connectivity index (χ1v) is 7.98. The van der Waals surface area contributed by atoms with Crippen LogP contribution in [0.25, 0.3) is 0 Å². The number of alkyl halides is 3. The lowest BCUT2D eigenvalue weighted by atomic mass is 10.0. The number of carbonyl (C=O) groups excluding carboxylic acids is 1. The van der Waals surface area contributed by atoms with Crippen molar-refractivity contribution in [1.29, 1.82) is 0 Å². The van der Waals surface area contributed by atoms with Gasteiger partial charge < -0.3 is 10.1 Å². The van der Waals surface area contributed by atoms with Crippen molar-refractivity contribution in [3.8, 4) is 5.75 Å². The van der Waals surface area contributed by atoms with Crippen LogP contribution >= 0.6 is 0 Å². The predicted octanol–water partition coefficient (Wildman–Crippen LogP) is 4.52. The summed E-state index contributed by atoms with van der Waals surface area (Å²) in [5, 5.41) is 2.65. The summed E-state index contributed by atoms with van der Waals surface area (Å²) in [4.78, 5) is 12.0. The average molecular weight is 351 g/mol. The number of hydrogen-bond donors (Lipinski definition) is 1. The molecule has 0 aliphatic heterocycles. The van der Waals surface area contributed by atoms with Gasteiger partial charge in [0.15, 0.2) is 6.61 Å². The number of rotatable bonds is 6. The van der Waals surface area contributed by atoms with Crippen molar-refractivity contribution in [3.63, 3.8) is 0 Å². The van der Waals surface area contributed by atoms with E-state index in [4.69, 9.17) is 4.74 Å². The Morgan fingerprint density at radius 2 is 1.88 bits per heavy atom. The van der Waals surface area contributed by atoms with E-state index in [-0.39, 0.29) is 6.61 Å². The monoisotopic (exact) mass is 351 g/mol. The van der Waals surface area contributed by atoms with Gasteiger partial charge in [-0.15, -0.1) is 0 Å². The molecule has 134 valence electrons. The van der Waals surface area contributed by atoms with Gasteiger partial charge >= 0.3 is 6.18 Å². The number of para-hydroxylation sites is 1. The summed E-state index contributed by atoms with van der Waals surface area (Å²) in [7, 11) is 0. The summed E-state index contributed by atoms with van der Waals surface area (Å²) in [6.07, 6.45) is -3.63. The maximum atomic E-state index is 12.8. The molecule has 0 spiro atoms. The summed E-state index contributed by atoms with van der Waals surface area (Å²) in [6.45, 7) is 3.42. The van der Waals surface area contributed by atoms with Crippen molar-refractivity contribution in [1.82, 2.24) is 5.32 Å². The number of ether oxygens (including phenoxy) is 1. The molecule has 0 bridgehead atoms. The molecule has 2 aromatic carbocycles. The van der Waals surface area contributed by atoms with Crippen LogP contribution in [-0.2, 0) is 17.4 Å². The normalized spacial score (nSPS) is 12.5. The Morgan fingerprint density at radius 3 is 2.56 bits per heavy atom. The molecule has 0 saturated heterocycles. The third kappa shape index (κ3) is 5.24. The van der Waals surface area contributed by atoms with E-state index >= 15 is 0 Å². The third-order valence-corrected chi connectivity index (χ3v) is 3.80. The molecule has 1 N–H and O–H groups in total. The Kier molecular flexibility index (Phi) is 6.07. The second-order valence-corrected chi connectivity index (χ2v) is 5.66. The van der Waals surface area contributed by atoms with Crippen LogP contribution < -0.4 is 10.1 Å². The summed E-state index contributed by atoms with van der Waals surface area (Å²) in [5.41, 5.74) is 0.637. The Morgan fingerprint density at radius 1 is 1.16 bits per heavy atom. The van der Waals surface area contributed by atoms with Crippen LogP contribution in [0.15, 0.2) is 48.5 Å². The second kappa shape index (κ2) is 8.05. The minimum Gasteiger partial charge on any atom is -0.483 e. The molecule has 1 atom stereocenters. The van der Waals surface area contributed by atoms with Gasteiger partial charge in [0.05, 0.1) is 11.6 Å². The molecule has 0 aliphatic carbocycles. The van der Waals surface area contributed by atoms with Crippen LogP contribution in [0.3, 0.4) is 0 Å². The Labute approximate surface area is 144 Å². The summed E-state index contributed by atoms with van der Waals surface area (Å²) < 4.78 is 43.8. The van der Waals surface area contributed by atoms with Crippen molar-refractivity contribution in [3.05, 3.63) is 65.2 Å². The standard InChI is InChI=1S/C19H20F3NO2/c1-3-14-7-4-5-10-17(14)25-12-18(24)23-13(2)15-8-6-9-16(11-15)19(20,21)22/h4-11,13H,3,12H2,1-2H3,(H,23,24). The molecule has 0 heterocycles. The molecule has 1 unspecified atom stereocenters. The van der Waals surface area contributed by atoms with Gasteiger partial charge in [0.25, 0.3) is 5.91 Å². The number of nitrogens with one attached hydrogen (secondary N) is 1. The van der Waals surface area contributed by atoms with Crippen LogP contribution in [0.2, 0.25) is 0 Å². The van der Waals surface area contributed by atoms with E-state index < -0.39 is 23.7 Å². The fourth-order valence-corrected chi connectivity index (χ4v) is 2.43. The van der Waals surface area contributed by atoms with Crippen LogP contribution in [-0.4, -0.2) is 12.5 Å². The summed E-state index contributed by atoms with van der Waals surface area (Å²) in [5.74, 6) is 0.239. The van der Waals surface area contributed by atoms with Gasteiger partial charge in [0, 0.05) is 0 Å². The number of hydrogen-bond acceptors (Lipinski definition) is 2. The van der Waals surface area contributed by atoms with Crippen molar-refractivity contribution in [2.75, 3.05) is 6.61 Å². The molecule has 6 heteroatoms. The van der Waals surface area contributed by atoms with E-state index in [1.54, 1.807) is 19.1 Å². The fraction of sp³-hybridized carbons (Fsp3) is 0.316. The lowest BCUT2D eigenvalue weighted by Crippen LogP contribution is -2.31. The number of amides is 1. The Balaban J connectivity index is 1.96. The Bertz CT molecular complexity index is 729. The molecular formula is C19H20F3NO2. The summed E-state index contributed by atoms with van der Waals surface area (Å²) in [6, 6.07) is 11.8. The van der Waals surface area contributed by atoms with E-state index in [2.05, 4.69) is 5.32 Å². The quantitative estimate of drug-likeness (QED) is 0.831. The molecular weight excluding hydrogens is 331 g/mol. The van der Waals surface area contributed by atoms with Crippen LogP contribution in [0.4, 0.5) is 13.2 Å². The first-order chi connectivity index (χ1) is 11.8. The number of aryl methyl sites for hydroxylation is 1. The van der Waals surface area contributed by atoms with Gasteiger partial charge in [-0.2, -0.15) is 13.2 Å². The zero-order valence-electron chi connectivity index (χ0n) is 14.1. The van der Waals surface area contributed by atoms with Crippen molar-refractivity contribution < 1.29 is 22.7 Å².